The quantitative estimate of drug-likeness (QED) is 0.387. The molecule has 0 radical (unpaired) electrons. The highest BCUT2D eigenvalue weighted by Gasteiger charge is 2.29. The standard InChI is InChI=1S/C22H33N3O7/c1-14(2)18(25-19(28)16(12-26)24-21(30)32-22(3,4)5)20(29)23-11-17(27)31-13-15-9-7-6-8-10-15/h6-10,14,16,18,26H,11-13H2,1-5H3,(H,23,29)(H,24,30)(H,25,28)/t16-,18-/m0/s1. The van der Waals surface area contributed by atoms with Gasteiger partial charge in [-0.25, -0.2) is 4.79 Å². The van der Waals surface area contributed by atoms with Gasteiger partial charge >= 0.3 is 12.1 Å². The maximum Gasteiger partial charge on any atom is 0.408 e. The van der Waals surface area contributed by atoms with Gasteiger partial charge < -0.3 is 30.5 Å². The molecule has 10 heteroatoms. The van der Waals surface area contributed by atoms with Crippen LogP contribution in [0, 0.1) is 5.92 Å². The van der Waals surface area contributed by atoms with E-state index in [1.165, 1.54) is 0 Å². The SMILES string of the molecule is CC(C)[C@H](NC(=O)[C@H](CO)NC(=O)OC(C)(C)C)C(=O)NCC(=O)OCc1ccccc1. The molecule has 178 valence electrons. The second-order valence-corrected chi connectivity index (χ2v) is 8.48. The largest absolute Gasteiger partial charge is 0.460 e. The Kier molecular flexibility index (Phi) is 10.6. The van der Waals surface area contributed by atoms with E-state index < -0.39 is 48.2 Å². The third-order valence-corrected chi connectivity index (χ3v) is 4.09. The van der Waals surface area contributed by atoms with Crippen molar-refractivity contribution in [2.75, 3.05) is 13.2 Å². The van der Waals surface area contributed by atoms with Crippen molar-refractivity contribution in [3.8, 4) is 0 Å². The van der Waals surface area contributed by atoms with E-state index in [-0.39, 0.29) is 19.1 Å². The van der Waals surface area contributed by atoms with Gasteiger partial charge in [0.05, 0.1) is 6.61 Å². The molecule has 1 aromatic rings. The van der Waals surface area contributed by atoms with E-state index in [4.69, 9.17) is 9.47 Å². The van der Waals surface area contributed by atoms with Gasteiger partial charge in [-0.3, -0.25) is 14.4 Å². The number of aliphatic hydroxyl groups is 1. The molecular weight excluding hydrogens is 418 g/mol. The van der Waals surface area contributed by atoms with Gasteiger partial charge in [-0.05, 0) is 32.3 Å². The van der Waals surface area contributed by atoms with Crippen LogP contribution in [0.4, 0.5) is 4.79 Å². The van der Waals surface area contributed by atoms with Crippen molar-refractivity contribution in [2.24, 2.45) is 5.92 Å². The first-order chi connectivity index (χ1) is 14.9. The van der Waals surface area contributed by atoms with Crippen LogP contribution in [0.5, 0.6) is 0 Å². The minimum Gasteiger partial charge on any atom is -0.460 e. The average molecular weight is 452 g/mol. The molecule has 32 heavy (non-hydrogen) atoms. The molecule has 0 spiro atoms. The van der Waals surface area contributed by atoms with Crippen LogP contribution < -0.4 is 16.0 Å². The van der Waals surface area contributed by atoms with E-state index in [9.17, 15) is 24.3 Å². The fourth-order valence-corrected chi connectivity index (χ4v) is 2.49. The van der Waals surface area contributed by atoms with Crippen LogP contribution in [-0.2, 0) is 30.5 Å². The molecule has 3 amide bonds. The first kappa shape index (κ1) is 26.9. The molecule has 0 fully saturated rings. The first-order valence-corrected chi connectivity index (χ1v) is 10.3. The first-order valence-electron chi connectivity index (χ1n) is 10.3. The van der Waals surface area contributed by atoms with Gasteiger partial charge in [0.15, 0.2) is 0 Å². The predicted octanol–water partition coefficient (Wildman–Crippen LogP) is 0.872. The Hall–Kier alpha value is -3.14. The highest BCUT2D eigenvalue weighted by molar-refractivity contribution is 5.92. The van der Waals surface area contributed by atoms with E-state index in [2.05, 4.69) is 16.0 Å². The van der Waals surface area contributed by atoms with Crippen LogP contribution in [0.3, 0.4) is 0 Å². The zero-order valence-electron chi connectivity index (χ0n) is 19.1. The summed E-state index contributed by atoms with van der Waals surface area (Å²) in [6.07, 6.45) is -0.876. The molecule has 0 saturated heterocycles. The number of esters is 1. The third kappa shape index (κ3) is 10.3. The number of carbonyl (C=O) groups excluding carboxylic acids is 4. The summed E-state index contributed by atoms with van der Waals surface area (Å²) in [6, 6.07) is 6.78. The van der Waals surface area contributed by atoms with Gasteiger partial charge in [0, 0.05) is 0 Å². The average Bonchev–Trinajstić information content (AvgIpc) is 2.71. The summed E-state index contributed by atoms with van der Waals surface area (Å²) >= 11 is 0. The number of nitrogens with one attached hydrogen (secondary N) is 3. The number of hydrogen-bond donors (Lipinski definition) is 4. The van der Waals surface area contributed by atoms with Crippen LogP contribution in [0.2, 0.25) is 0 Å². The Labute approximate surface area is 188 Å². The van der Waals surface area contributed by atoms with Gasteiger partial charge in [0.1, 0.15) is 30.8 Å². The smallest absolute Gasteiger partial charge is 0.408 e. The summed E-state index contributed by atoms with van der Waals surface area (Å²) in [4.78, 5) is 48.8. The fourth-order valence-electron chi connectivity index (χ4n) is 2.49. The molecule has 0 aliphatic carbocycles. The lowest BCUT2D eigenvalue weighted by molar-refractivity contribution is -0.145. The monoisotopic (exact) mass is 451 g/mol. The Morgan fingerprint density at radius 2 is 1.62 bits per heavy atom. The molecule has 1 aromatic carbocycles. The number of benzene rings is 1. The lowest BCUT2D eigenvalue weighted by Gasteiger charge is -2.25. The minimum absolute atomic E-state index is 0.0778. The maximum absolute atomic E-state index is 12.5. The molecule has 0 aliphatic heterocycles. The van der Waals surface area contributed by atoms with Crippen molar-refractivity contribution >= 4 is 23.9 Å². The Balaban J connectivity index is 2.58. The van der Waals surface area contributed by atoms with Crippen molar-refractivity contribution in [3.63, 3.8) is 0 Å². The third-order valence-electron chi connectivity index (χ3n) is 4.09. The summed E-state index contributed by atoms with van der Waals surface area (Å²) in [6.45, 7) is 7.39. The molecule has 4 N–H and O–H groups in total. The fraction of sp³-hybridized carbons (Fsp3) is 0.545. The number of carbonyl (C=O) groups is 4. The molecule has 10 nitrogen and oxygen atoms in total. The summed E-state index contributed by atoms with van der Waals surface area (Å²) in [5, 5.41) is 16.6. The lowest BCUT2D eigenvalue weighted by Crippen LogP contribution is -2.57. The van der Waals surface area contributed by atoms with Gasteiger partial charge in [-0.1, -0.05) is 44.2 Å². The summed E-state index contributed by atoms with van der Waals surface area (Å²) < 4.78 is 10.2. The zero-order valence-corrected chi connectivity index (χ0v) is 19.1. The number of aliphatic hydroxyl groups excluding tert-OH is 1. The summed E-state index contributed by atoms with van der Waals surface area (Å²) in [7, 11) is 0. The molecule has 0 unspecified atom stereocenters. The van der Waals surface area contributed by atoms with Crippen LogP contribution in [0.1, 0.15) is 40.2 Å². The van der Waals surface area contributed by atoms with Gasteiger partial charge in [-0.15, -0.1) is 0 Å². The number of ether oxygens (including phenoxy) is 2. The molecule has 0 saturated carbocycles. The van der Waals surface area contributed by atoms with E-state index in [1.54, 1.807) is 46.8 Å². The van der Waals surface area contributed by atoms with Crippen molar-refractivity contribution in [1.82, 2.24) is 16.0 Å². The van der Waals surface area contributed by atoms with Crippen LogP contribution in [0.25, 0.3) is 0 Å². The minimum atomic E-state index is -1.31. The van der Waals surface area contributed by atoms with E-state index >= 15 is 0 Å². The highest BCUT2D eigenvalue weighted by Crippen LogP contribution is 2.07. The van der Waals surface area contributed by atoms with Gasteiger partial charge in [0.2, 0.25) is 11.8 Å². The Morgan fingerprint density at radius 1 is 1.00 bits per heavy atom. The van der Waals surface area contributed by atoms with Gasteiger partial charge in [-0.2, -0.15) is 0 Å². The lowest BCUT2D eigenvalue weighted by atomic mass is 10.0. The maximum atomic E-state index is 12.5. The topological polar surface area (TPSA) is 143 Å². The van der Waals surface area contributed by atoms with E-state index in [1.807, 2.05) is 18.2 Å². The number of rotatable bonds is 10. The van der Waals surface area contributed by atoms with Gasteiger partial charge in [0.25, 0.3) is 0 Å². The molecule has 0 aromatic heterocycles. The number of alkyl carbamates (subject to hydrolysis) is 1. The van der Waals surface area contributed by atoms with Crippen molar-refractivity contribution in [2.45, 2.75) is 58.9 Å². The normalized spacial score (nSPS) is 13.0. The molecule has 0 bridgehead atoms. The highest BCUT2D eigenvalue weighted by atomic mass is 16.6. The van der Waals surface area contributed by atoms with Crippen LogP contribution in [-0.4, -0.2) is 59.8 Å². The molecule has 2 atom stereocenters. The van der Waals surface area contributed by atoms with E-state index in [0.29, 0.717) is 0 Å². The Bertz CT molecular complexity index is 775. The number of hydrogen-bond acceptors (Lipinski definition) is 7. The predicted molar refractivity (Wildman–Crippen MR) is 116 cm³/mol. The van der Waals surface area contributed by atoms with Crippen molar-refractivity contribution < 1.29 is 33.8 Å². The van der Waals surface area contributed by atoms with Crippen molar-refractivity contribution in [3.05, 3.63) is 35.9 Å². The molecule has 1 rings (SSSR count). The van der Waals surface area contributed by atoms with Crippen LogP contribution >= 0.6 is 0 Å². The zero-order chi connectivity index (χ0) is 24.3. The molecule has 0 heterocycles. The molecular formula is C22H33N3O7. The second kappa shape index (κ2) is 12.7. The summed E-state index contributed by atoms with van der Waals surface area (Å²) in [5.74, 6) is -2.33. The molecule has 0 aliphatic rings. The van der Waals surface area contributed by atoms with E-state index in [0.717, 1.165) is 5.56 Å². The number of amides is 3. The Morgan fingerprint density at radius 3 is 2.16 bits per heavy atom. The second-order valence-electron chi connectivity index (χ2n) is 8.48. The van der Waals surface area contributed by atoms with Crippen LogP contribution in [0.15, 0.2) is 30.3 Å². The summed E-state index contributed by atoms with van der Waals surface area (Å²) in [5.41, 5.74) is 0.0304. The van der Waals surface area contributed by atoms with Crippen molar-refractivity contribution in [1.29, 1.82) is 0 Å².